The zero-order valence-corrected chi connectivity index (χ0v) is 16.6. The first-order chi connectivity index (χ1) is 14.0. The highest BCUT2D eigenvalue weighted by atomic mass is 32.1. The van der Waals surface area contributed by atoms with Crippen molar-refractivity contribution < 1.29 is 18.7 Å². The Morgan fingerprint density at radius 1 is 1.17 bits per heavy atom. The van der Waals surface area contributed by atoms with Gasteiger partial charge in [0.2, 0.25) is 11.9 Å². The normalized spacial score (nSPS) is 10.4. The molecule has 0 aliphatic rings. The molecule has 1 aromatic carbocycles. The standard InChI is InChI=1S/C19H18FN5O3S/c1-13(26)25(16-7-4-3-6-15(16)20)19-23-14(12-29-19)11-28-17(27)10-24(2)18-21-8-5-9-22-18/h3-9,12H,10-11H2,1-2H3. The number of hydrogen-bond acceptors (Lipinski definition) is 8. The van der Waals surface area contributed by atoms with E-state index in [9.17, 15) is 14.0 Å². The van der Waals surface area contributed by atoms with Crippen molar-refractivity contribution >= 4 is 40.0 Å². The number of para-hydroxylation sites is 1. The molecule has 0 N–H and O–H groups in total. The van der Waals surface area contributed by atoms with Crippen LogP contribution in [-0.4, -0.2) is 40.4 Å². The Kier molecular flexibility index (Phi) is 6.45. The minimum absolute atomic E-state index is 0.0319. The second-order valence-corrected chi connectivity index (χ2v) is 6.83. The Labute approximate surface area is 170 Å². The third-order valence-electron chi connectivity index (χ3n) is 3.78. The maximum Gasteiger partial charge on any atom is 0.326 e. The number of aromatic nitrogens is 3. The summed E-state index contributed by atoms with van der Waals surface area (Å²) in [5, 5.41) is 1.95. The van der Waals surface area contributed by atoms with Crippen LogP contribution >= 0.6 is 11.3 Å². The average Bonchev–Trinajstić information content (AvgIpc) is 3.17. The number of benzene rings is 1. The molecule has 0 atom stereocenters. The molecule has 0 bridgehead atoms. The fourth-order valence-corrected chi connectivity index (χ4v) is 3.32. The van der Waals surface area contributed by atoms with Crippen LogP contribution in [0.15, 0.2) is 48.1 Å². The van der Waals surface area contributed by atoms with Gasteiger partial charge in [-0.3, -0.25) is 14.5 Å². The molecule has 0 aliphatic heterocycles. The molecule has 8 nitrogen and oxygen atoms in total. The number of anilines is 3. The Morgan fingerprint density at radius 3 is 2.59 bits per heavy atom. The van der Waals surface area contributed by atoms with Crippen molar-refractivity contribution in [2.75, 3.05) is 23.4 Å². The van der Waals surface area contributed by atoms with Gasteiger partial charge in [0.1, 0.15) is 19.0 Å². The molecule has 1 amide bonds. The number of amides is 1. The third-order valence-corrected chi connectivity index (χ3v) is 4.65. The first-order valence-electron chi connectivity index (χ1n) is 8.59. The van der Waals surface area contributed by atoms with Gasteiger partial charge >= 0.3 is 5.97 Å². The van der Waals surface area contributed by atoms with Gasteiger partial charge in [-0.2, -0.15) is 0 Å². The summed E-state index contributed by atoms with van der Waals surface area (Å²) in [6.45, 7) is 1.23. The van der Waals surface area contributed by atoms with Crippen LogP contribution in [0.25, 0.3) is 0 Å². The van der Waals surface area contributed by atoms with Crippen molar-refractivity contribution in [1.82, 2.24) is 15.0 Å². The number of nitrogens with zero attached hydrogens (tertiary/aromatic N) is 5. The van der Waals surface area contributed by atoms with E-state index in [0.717, 1.165) is 11.3 Å². The van der Waals surface area contributed by atoms with Crippen molar-refractivity contribution in [1.29, 1.82) is 0 Å². The van der Waals surface area contributed by atoms with Crippen LogP contribution in [-0.2, 0) is 20.9 Å². The van der Waals surface area contributed by atoms with E-state index in [1.54, 1.807) is 47.9 Å². The Bertz CT molecular complexity index is 998. The Morgan fingerprint density at radius 2 is 1.90 bits per heavy atom. The van der Waals surface area contributed by atoms with Gasteiger partial charge in [-0.05, 0) is 18.2 Å². The molecule has 2 aromatic heterocycles. The maximum atomic E-state index is 14.1. The van der Waals surface area contributed by atoms with Crippen LogP contribution in [0.4, 0.5) is 21.2 Å². The van der Waals surface area contributed by atoms with Crippen molar-refractivity contribution in [3.8, 4) is 0 Å². The fraction of sp³-hybridized carbons (Fsp3) is 0.211. The number of rotatable bonds is 7. The molecule has 0 fully saturated rings. The Balaban J connectivity index is 1.63. The van der Waals surface area contributed by atoms with Gasteiger partial charge in [-0.1, -0.05) is 12.1 Å². The summed E-state index contributed by atoms with van der Waals surface area (Å²) in [6, 6.07) is 7.63. The lowest BCUT2D eigenvalue weighted by Gasteiger charge is -2.18. The van der Waals surface area contributed by atoms with Crippen LogP contribution in [0.3, 0.4) is 0 Å². The van der Waals surface area contributed by atoms with Gasteiger partial charge in [0.15, 0.2) is 5.13 Å². The largest absolute Gasteiger partial charge is 0.458 e. The molecule has 0 saturated heterocycles. The quantitative estimate of drug-likeness (QED) is 0.548. The van der Waals surface area contributed by atoms with Crippen LogP contribution in [0, 0.1) is 5.82 Å². The lowest BCUT2D eigenvalue weighted by atomic mass is 10.3. The number of esters is 1. The van der Waals surface area contributed by atoms with Crippen molar-refractivity contribution in [3.05, 3.63) is 59.6 Å². The maximum absolute atomic E-state index is 14.1. The highest BCUT2D eigenvalue weighted by Crippen LogP contribution is 2.30. The summed E-state index contributed by atoms with van der Waals surface area (Å²) in [7, 11) is 1.68. The minimum atomic E-state index is -0.531. The van der Waals surface area contributed by atoms with Gasteiger partial charge < -0.3 is 9.64 Å². The van der Waals surface area contributed by atoms with Crippen molar-refractivity contribution in [2.45, 2.75) is 13.5 Å². The fourth-order valence-electron chi connectivity index (χ4n) is 2.46. The molecular weight excluding hydrogens is 397 g/mol. The number of carbonyl (C=O) groups excluding carboxylic acids is 2. The lowest BCUT2D eigenvalue weighted by Crippen LogP contribution is -2.28. The summed E-state index contributed by atoms with van der Waals surface area (Å²) in [6.07, 6.45) is 3.16. The summed E-state index contributed by atoms with van der Waals surface area (Å²) < 4.78 is 19.3. The molecule has 3 rings (SSSR count). The van der Waals surface area contributed by atoms with Gasteiger partial charge in [0.05, 0.1) is 11.4 Å². The smallest absolute Gasteiger partial charge is 0.326 e. The van der Waals surface area contributed by atoms with Crippen LogP contribution < -0.4 is 9.80 Å². The summed E-state index contributed by atoms with van der Waals surface area (Å²) >= 11 is 1.16. The number of thiazole rings is 1. The molecule has 0 spiro atoms. The predicted molar refractivity (Wildman–Crippen MR) is 106 cm³/mol. The van der Waals surface area contributed by atoms with Crippen molar-refractivity contribution in [2.24, 2.45) is 0 Å². The number of ether oxygens (including phenoxy) is 1. The second-order valence-electron chi connectivity index (χ2n) is 5.99. The zero-order valence-electron chi connectivity index (χ0n) is 15.8. The Hall–Kier alpha value is -3.40. The van der Waals surface area contributed by atoms with Gasteiger partial charge in [0.25, 0.3) is 0 Å². The van der Waals surface area contributed by atoms with Crippen LogP contribution in [0.5, 0.6) is 0 Å². The summed E-state index contributed by atoms with van der Waals surface area (Å²) in [4.78, 5) is 39.3. The number of halogens is 1. The van der Waals surface area contributed by atoms with E-state index >= 15 is 0 Å². The minimum Gasteiger partial charge on any atom is -0.458 e. The van der Waals surface area contributed by atoms with E-state index in [0.29, 0.717) is 16.8 Å². The van der Waals surface area contributed by atoms with E-state index in [1.165, 1.54) is 24.0 Å². The first kappa shape index (κ1) is 20.3. The highest BCUT2D eigenvalue weighted by Gasteiger charge is 2.21. The SMILES string of the molecule is CC(=O)N(c1nc(COC(=O)CN(C)c2ncccn2)cs1)c1ccccc1F. The number of likely N-dealkylation sites (N-methyl/N-ethyl adjacent to an activating group) is 1. The molecule has 29 heavy (non-hydrogen) atoms. The number of hydrogen-bond donors (Lipinski definition) is 0. The van der Waals surface area contributed by atoms with Gasteiger partial charge in [-0.15, -0.1) is 11.3 Å². The van der Waals surface area contributed by atoms with E-state index < -0.39 is 11.8 Å². The van der Waals surface area contributed by atoms with E-state index in [1.807, 2.05) is 0 Å². The van der Waals surface area contributed by atoms with Gasteiger partial charge in [0, 0.05) is 31.7 Å². The zero-order chi connectivity index (χ0) is 20.8. The first-order valence-corrected chi connectivity index (χ1v) is 9.47. The molecule has 150 valence electrons. The molecule has 2 heterocycles. The summed E-state index contributed by atoms with van der Waals surface area (Å²) in [5.41, 5.74) is 0.571. The van der Waals surface area contributed by atoms with Crippen LogP contribution in [0.1, 0.15) is 12.6 Å². The molecular formula is C19H18FN5O3S. The average molecular weight is 415 g/mol. The van der Waals surface area contributed by atoms with Crippen LogP contribution in [0.2, 0.25) is 0 Å². The predicted octanol–water partition coefficient (Wildman–Crippen LogP) is 2.94. The molecule has 0 aliphatic carbocycles. The number of carbonyl (C=O) groups is 2. The van der Waals surface area contributed by atoms with E-state index in [2.05, 4.69) is 15.0 Å². The van der Waals surface area contributed by atoms with Crippen molar-refractivity contribution in [3.63, 3.8) is 0 Å². The molecule has 10 heteroatoms. The lowest BCUT2D eigenvalue weighted by molar-refractivity contribution is -0.143. The summed E-state index contributed by atoms with van der Waals surface area (Å²) in [5.74, 6) is -0.982. The molecule has 3 aromatic rings. The molecule has 0 unspecified atom stereocenters. The van der Waals surface area contributed by atoms with Gasteiger partial charge in [-0.25, -0.2) is 19.3 Å². The molecule has 0 radical (unpaired) electrons. The van der Waals surface area contributed by atoms with E-state index in [4.69, 9.17) is 4.74 Å². The third kappa shape index (κ3) is 5.11. The second kappa shape index (κ2) is 9.20. The monoisotopic (exact) mass is 415 g/mol. The topological polar surface area (TPSA) is 88.5 Å². The molecule has 0 saturated carbocycles. The van der Waals surface area contributed by atoms with E-state index in [-0.39, 0.29) is 24.7 Å². The highest BCUT2D eigenvalue weighted by molar-refractivity contribution is 7.14.